The highest BCUT2D eigenvalue weighted by molar-refractivity contribution is 5.76. The van der Waals surface area contributed by atoms with Crippen LogP contribution in [0.1, 0.15) is 25.0 Å². The third-order valence-electron chi connectivity index (χ3n) is 4.00. The minimum absolute atomic E-state index is 0.398. The molecule has 0 radical (unpaired) electrons. The monoisotopic (exact) mass is 234 g/mol. The lowest BCUT2D eigenvalue weighted by atomic mass is 9.60. The van der Waals surface area contributed by atoms with Crippen LogP contribution in [0.4, 0.5) is 0 Å². The number of carbonyl (C=O) groups is 1. The first-order chi connectivity index (χ1) is 7.90. The Bertz CT molecular complexity index is 445. The zero-order chi connectivity index (χ0) is 12.7. The molecule has 0 aromatic heterocycles. The Morgan fingerprint density at radius 1 is 1.41 bits per heavy atom. The molecule has 2 rings (SSSR count). The fourth-order valence-corrected chi connectivity index (χ4v) is 2.34. The molecule has 0 unspecified atom stereocenters. The molecule has 1 N–H and O–H groups in total. The summed E-state index contributed by atoms with van der Waals surface area (Å²) in [5.41, 5.74) is 0.996. The van der Waals surface area contributed by atoms with E-state index in [0.717, 1.165) is 11.1 Å². The molecule has 1 aromatic rings. The summed E-state index contributed by atoms with van der Waals surface area (Å²) in [4.78, 5) is 11.5. The summed E-state index contributed by atoms with van der Waals surface area (Å²) >= 11 is 0. The van der Waals surface area contributed by atoms with Crippen molar-refractivity contribution in [1.82, 2.24) is 0 Å². The van der Waals surface area contributed by atoms with E-state index in [2.05, 4.69) is 6.07 Å². The SMILES string of the molecule is Cc1cccc(C2(C(C)(C)C(=O)O)COC2)c1. The van der Waals surface area contributed by atoms with Gasteiger partial charge in [0.25, 0.3) is 0 Å². The first-order valence-electron chi connectivity index (χ1n) is 5.78. The quantitative estimate of drug-likeness (QED) is 0.873. The zero-order valence-electron chi connectivity index (χ0n) is 10.5. The summed E-state index contributed by atoms with van der Waals surface area (Å²) in [5, 5.41) is 9.42. The number of aryl methyl sites for hydroxylation is 1. The Kier molecular flexibility index (Phi) is 2.74. The second-order valence-corrected chi connectivity index (χ2v) is 5.37. The van der Waals surface area contributed by atoms with Crippen molar-refractivity contribution in [3.8, 4) is 0 Å². The van der Waals surface area contributed by atoms with Crippen molar-refractivity contribution in [3.05, 3.63) is 35.4 Å². The van der Waals surface area contributed by atoms with Crippen LogP contribution in [0.25, 0.3) is 0 Å². The Labute approximate surface area is 101 Å². The van der Waals surface area contributed by atoms with Crippen LogP contribution in [0, 0.1) is 12.3 Å². The fourth-order valence-electron chi connectivity index (χ4n) is 2.34. The van der Waals surface area contributed by atoms with Crippen LogP contribution in [0.5, 0.6) is 0 Å². The van der Waals surface area contributed by atoms with Gasteiger partial charge in [0.05, 0.1) is 24.0 Å². The van der Waals surface area contributed by atoms with Crippen LogP contribution in [-0.4, -0.2) is 24.3 Å². The van der Waals surface area contributed by atoms with Crippen LogP contribution in [0.2, 0.25) is 0 Å². The van der Waals surface area contributed by atoms with E-state index in [1.165, 1.54) is 0 Å². The van der Waals surface area contributed by atoms with Crippen LogP contribution in [0.3, 0.4) is 0 Å². The minimum Gasteiger partial charge on any atom is -0.481 e. The highest BCUT2D eigenvalue weighted by atomic mass is 16.5. The van der Waals surface area contributed by atoms with E-state index in [1.807, 2.05) is 25.1 Å². The Morgan fingerprint density at radius 2 is 2.06 bits per heavy atom. The van der Waals surface area contributed by atoms with Crippen LogP contribution >= 0.6 is 0 Å². The van der Waals surface area contributed by atoms with E-state index in [1.54, 1.807) is 13.8 Å². The molecule has 3 nitrogen and oxygen atoms in total. The Morgan fingerprint density at radius 3 is 2.47 bits per heavy atom. The smallest absolute Gasteiger partial charge is 0.310 e. The van der Waals surface area contributed by atoms with Gasteiger partial charge in [-0.3, -0.25) is 4.79 Å². The molecule has 92 valence electrons. The van der Waals surface area contributed by atoms with E-state index in [9.17, 15) is 9.90 Å². The van der Waals surface area contributed by atoms with Crippen molar-refractivity contribution >= 4 is 5.97 Å². The molecule has 1 aliphatic heterocycles. The molecule has 1 aromatic carbocycles. The number of benzene rings is 1. The molecule has 1 fully saturated rings. The molecule has 1 aliphatic rings. The topological polar surface area (TPSA) is 46.5 Å². The van der Waals surface area contributed by atoms with Crippen molar-refractivity contribution in [2.75, 3.05) is 13.2 Å². The van der Waals surface area contributed by atoms with Crippen molar-refractivity contribution in [2.45, 2.75) is 26.2 Å². The maximum absolute atomic E-state index is 11.5. The summed E-state index contributed by atoms with van der Waals surface area (Å²) in [6, 6.07) is 8.06. The second-order valence-electron chi connectivity index (χ2n) is 5.37. The summed E-state index contributed by atoms with van der Waals surface area (Å²) in [6.07, 6.45) is 0. The molecule has 1 saturated heterocycles. The molecule has 0 spiro atoms. The maximum Gasteiger partial charge on any atom is 0.310 e. The maximum atomic E-state index is 11.5. The molecule has 1 heterocycles. The van der Waals surface area contributed by atoms with Crippen molar-refractivity contribution in [1.29, 1.82) is 0 Å². The van der Waals surface area contributed by atoms with Gasteiger partial charge in [0.1, 0.15) is 0 Å². The van der Waals surface area contributed by atoms with Gasteiger partial charge in [-0.15, -0.1) is 0 Å². The average molecular weight is 234 g/mol. The van der Waals surface area contributed by atoms with Gasteiger partial charge in [-0.1, -0.05) is 29.8 Å². The van der Waals surface area contributed by atoms with Gasteiger partial charge in [-0.2, -0.15) is 0 Å². The normalized spacial score (nSPS) is 18.5. The molecule has 0 saturated carbocycles. The number of carboxylic acids is 1. The number of rotatable bonds is 3. The molecule has 0 amide bonds. The first kappa shape index (κ1) is 12.1. The van der Waals surface area contributed by atoms with E-state index in [0.29, 0.717) is 13.2 Å². The number of carboxylic acid groups (broad SMARTS) is 1. The Hall–Kier alpha value is -1.35. The third kappa shape index (κ3) is 1.65. The number of aliphatic carboxylic acids is 1. The lowest BCUT2D eigenvalue weighted by Gasteiger charge is -2.50. The molecule has 0 aliphatic carbocycles. The van der Waals surface area contributed by atoms with E-state index >= 15 is 0 Å². The number of ether oxygens (including phenoxy) is 1. The molecular weight excluding hydrogens is 216 g/mol. The lowest BCUT2D eigenvalue weighted by Crippen LogP contribution is -2.59. The van der Waals surface area contributed by atoms with Gasteiger partial charge in [-0.25, -0.2) is 0 Å². The zero-order valence-corrected chi connectivity index (χ0v) is 10.5. The number of hydrogen-bond donors (Lipinski definition) is 1. The predicted molar refractivity (Wildman–Crippen MR) is 65.1 cm³/mol. The van der Waals surface area contributed by atoms with Gasteiger partial charge < -0.3 is 9.84 Å². The van der Waals surface area contributed by atoms with Crippen molar-refractivity contribution in [3.63, 3.8) is 0 Å². The standard InChI is InChI=1S/C14H18O3/c1-10-5-4-6-11(7-10)14(8-17-9-14)13(2,3)12(15)16/h4-7H,8-9H2,1-3H3,(H,15,16). The van der Waals surface area contributed by atoms with E-state index in [4.69, 9.17) is 4.74 Å². The highest BCUT2D eigenvalue weighted by Crippen LogP contribution is 2.47. The molecule has 17 heavy (non-hydrogen) atoms. The second kappa shape index (κ2) is 3.84. The summed E-state index contributed by atoms with van der Waals surface area (Å²) in [6.45, 7) is 6.54. The Balaban J connectivity index is 2.49. The minimum atomic E-state index is -0.820. The van der Waals surface area contributed by atoms with Crippen molar-refractivity contribution < 1.29 is 14.6 Å². The van der Waals surface area contributed by atoms with E-state index < -0.39 is 16.8 Å². The van der Waals surface area contributed by atoms with E-state index in [-0.39, 0.29) is 0 Å². The van der Waals surface area contributed by atoms with Gasteiger partial charge in [0, 0.05) is 0 Å². The van der Waals surface area contributed by atoms with Gasteiger partial charge in [0.2, 0.25) is 0 Å². The summed E-state index contributed by atoms with van der Waals surface area (Å²) < 4.78 is 5.31. The molecule has 0 atom stereocenters. The van der Waals surface area contributed by atoms with Gasteiger partial charge in [-0.05, 0) is 26.3 Å². The summed E-state index contributed by atoms with van der Waals surface area (Å²) in [5.74, 6) is -0.776. The molecule has 0 bridgehead atoms. The van der Waals surface area contributed by atoms with Gasteiger partial charge in [0.15, 0.2) is 0 Å². The van der Waals surface area contributed by atoms with Crippen LogP contribution < -0.4 is 0 Å². The fraction of sp³-hybridized carbons (Fsp3) is 0.500. The first-order valence-corrected chi connectivity index (χ1v) is 5.78. The third-order valence-corrected chi connectivity index (χ3v) is 4.00. The van der Waals surface area contributed by atoms with Crippen LogP contribution in [0.15, 0.2) is 24.3 Å². The predicted octanol–water partition coefficient (Wildman–Crippen LogP) is 2.37. The highest BCUT2D eigenvalue weighted by Gasteiger charge is 2.56. The van der Waals surface area contributed by atoms with Gasteiger partial charge >= 0.3 is 5.97 Å². The summed E-state index contributed by atoms with van der Waals surface area (Å²) in [7, 11) is 0. The molecule has 3 heteroatoms. The molecular formula is C14H18O3. The largest absolute Gasteiger partial charge is 0.481 e. The lowest BCUT2D eigenvalue weighted by molar-refractivity contribution is -0.171. The van der Waals surface area contributed by atoms with Crippen LogP contribution in [-0.2, 0) is 14.9 Å². The van der Waals surface area contributed by atoms with Crippen molar-refractivity contribution in [2.24, 2.45) is 5.41 Å². The average Bonchev–Trinajstić information content (AvgIpc) is 2.15. The number of hydrogen-bond acceptors (Lipinski definition) is 2.